The minimum Gasteiger partial charge on any atom is -0.481 e. The van der Waals surface area contributed by atoms with E-state index >= 15 is 0 Å². The molecule has 1 unspecified atom stereocenters. The minimum atomic E-state index is -0.833. The highest BCUT2D eigenvalue weighted by atomic mass is 35.5. The number of halogens is 1. The molecule has 5 heteroatoms. The fraction of sp³-hybridized carbons (Fsp3) is 0.304. The van der Waals surface area contributed by atoms with Crippen LogP contribution >= 0.6 is 11.6 Å². The third-order valence-electron chi connectivity index (χ3n) is 4.47. The highest BCUT2D eigenvalue weighted by Gasteiger charge is 2.11. The second-order valence-electron chi connectivity index (χ2n) is 6.83. The zero-order chi connectivity index (χ0) is 20.2. The number of benzene rings is 2. The van der Waals surface area contributed by atoms with Gasteiger partial charge in [-0.05, 0) is 54.9 Å². The Balaban J connectivity index is 0.000000640. The van der Waals surface area contributed by atoms with Crippen LogP contribution in [0, 0.1) is 5.92 Å². The van der Waals surface area contributed by atoms with E-state index in [0.29, 0.717) is 5.92 Å². The molecule has 2 aromatic carbocycles. The lowest BCUT2D eigenvalue weighted by Crippen LogP contribution is -2.12. The fourth-order valence-electron chi connectivity index (χ4n) is 3.06. The highest BCUT2D eigenvalue weighted by molar-refractivity contribution is 6.30. The number of rotatable bonds is 8. The molecule has 0 aliphatic rings. The molecule has 1 N–H and O–H groups in total. The summed E-state index contributed by atoms with van der Waals surface area (Å²) in [4.78, 5) is 13.2. The van der Waals surface area contributed by atoms with Gasteiger partial charge in [0.2, 0.25) is 0 Å². The van der Waals surface area contributed by atoms with Crippen molar-refractivity contribution in [3.05, 3.63) is 89.5 Å². The summed E-state index contributed by atoms with van der Waals surface area (Å²) in [6.07, 6.45) is 10.4. The van der Waals surface area contributed by atoms with Gasteiger partial charge < -0.3 is 9.67 Å². The smallest absolute Gasteiger partial charge is 0.300 e. The van der Waals surface area contributed by atoms with E-state index in [0.717, 1.165) is 31.3 Å². The molecule has 0 fully saturated rings. The normalized spacial score (nSPS) is 11.4. The summed E-state index contributed by atoms with van der Waals surface area (Å²) in [5.41, 5.74) is 2.77. The van der Waals surface area contributed by atoms with Gasteiger partial charge in [-0.2, -0.15) is 0 Å². The number of hydrogen-bond donors (Lipinski definition) is 1. The average Bonchev–Trinajstić information content (AvgIpc) is 3.19. The van der Waals surface area contributed by atoms with Gasteiger partial charge in [0, 0.05) is 30.9 Å². The SMILES string of the molecule is CC(=O)O.Clc1ccc(CCC(CCc2ccccc2)Cn2ccnc2)cc1. The van der Waals surface area contributed by atoms with E-state index in [1.807, 2.05) is 24.7 Å². The second-order valence-corrected chi connectivity index (χ2v) is 7.27. The van der Waals surface area contributed by atoms with Crippen LogP contribution in [0.1, 0.15) is 30.9 Å². The summed E-state index contributed by atoms with van der Waals surface area (Å²) >= 11 is 5.98. The Kier molecular flexibility index (Phi) is 9.29. The molecule has 0 amide bonds. The summed E-state index contributed by atoms with van der Waals surface area (Å²) in [7, 11) is 0. The topological polar surface area (TPSA) is 55.1 Å². The standard InChI is InChI=1S/C21H23ClN2.C2H4O2/c22-21-12-10-19(11-13-21)7-9-20(16-24-15-14-23-17-24)8-6-18-4-2-1-3-5-18;1-2(3)4/h1-5,10-15,17,20H,6-9,16H2;1H3,(H,3,4). The molecular formula is C23H27ClN2O2. The molecule has 0 saturated heterocycles. The number of hydrogen-bond acceptors (Lipinski definition) is 2. The second kappa shape index (κ2) is 12.0. The molecule has 3 rings (SSSR count). The third-order valence-corrected chi connectivity index (χ3v) is 4.72. The first kappa shape index (κ1) is 21.7. The van der Waals surface area contributed by atoms with E-state index in [1.165, 1.54) is 24.0 Å². The summed E-state index contributed by atoms with van der Waals surface area (Å²) in [5.74, 6) is -0.199. The Bertz CT molecular complexity index is 798. The molecule has 0 bridgehead atoms. The fourth-order valence-corrected chi connectivity index (χ4v) is 3.18. The lowest BCUT2D eigenvalue weighted by molar-refractivity contribution is -0.134. The van der Waals surface area contributed by atoms with Crippen LogP contribution in [-0.4, -0.2) is 20.6 Å². The molecule has 1 atom stereocenters. The summed E-state index contributed by atoms with van der Waals surface area (Å²) in [5, 5.41) is 8.22. The monoisotopic (exact) mass is 398 g/mol. The van der Waals surface area contributed by atoms with E-state index < -0.39 is 5.97 Å². The Hall–Kier alpha value is -2.59. The number of carbonyl (C=O) groups is 1. The zero-order valence-electron chi connectivity index (χ0n) is 16.2. The Morgan fingerprint density at radius 1 is 1.04 bits per heavy atom. The van der Waals surface area contributed by atoms with Gasteiger partial charge in [0.15, 0.2) is 0 Å². The average molecular weight is 399 g/mol. The van der Waals surface area contributed by atoms with Crippen molar-refractivity contribution in [2.75, 3.05) is 0 Å². The van der Waals surface area contributed by atoms with Gasteiger partial charge in [0.1, 0.15) is 0 Å². The molecule has 3 aromatic rings. The summed E-state index contributed by atoms with van der Waals surface area (Å²) in [6.45, 7) is 2.11. The molecule has 4 nitrogen and oxygen atoms in total. The van der Waals surface area contributed by atoms with Crippen molar-refractivity contribution < 1.29 is 9.90 Å². The lowest BCUT2D eigenvalue weighted by atomic mass is 9.93. The van der Waals surface area contributed by atoms with Crippen LogP contribution in [0.5, 0.6) is 0 Å². The molecular weight excluding hydrogens is 372 g/mol. The van der Waals surface area contributed by atoms with Gasteiger partial charge in [0.05, 0.1) is 6.33 Å². The van der Waals surface area contributed by atoms with E-state index in [9.17, 15) is 0 Å². The molecule has 0 radical (unpaired) electrons. The molecule has 0 spiro atoms. The molecule has 148 valence electrons. The summed E-state index contributed by atoms with van der Waals surface area (Å²) < 4.78 is 2.19. The first-order chi connectivity index (χ1) is 13.5. The number of aliphatic carboxylic acids is 1. The van der Waals surface area contributed by atoms with Gasteiger partial charge >= 0.3 is 0 Å². The van der Waals surface area contributed by atoms with E-state index in [-0.39, 0.29) is 0 Å². The molecule has 1 aromatic heterocycles. The van der Waals surface area contributed by atoms with Crippen LogP contribution in [0.2, 0.25) is 5.02 Å². The lowest BCUT2D eigenvalue weighted by Gasteiger charge is -2.18. The van der Waals surface area contributed by atoms with Crippen molar-refractivity contribution in [3.8, 4) is 0 Å². The Labute approximate surface area is 171 Å². The van der Waals surface area contributed by atoms with Crippen LogP contribution in [-0.2, 0) is 24.2 Å². The predicted octanol–water partition coefficient (Wildman–Crippen LogP) is 5.51. The number of carboxylic acid groups (broad SMARTS) is 1. The van der Waals surface area contributed by atoms with Crippen molar-refractivity contribution in [2.24, 2.45) is 5.92 Å². The van der Waals surface area contributed by atoms with Crippen molar-refractivity contribution in [1.82, 2.24) is 9.55 Å². The van der Waals surface area contributed by atoms with Gasteiger partial charge in [0.25, 0.3) is 5.97 Å². The van der Waals surface area contributed by atoms with Crippen LogP contribution < -0.4 is 0 Å². The predicted molar refractivity (Wildman–Crippen MR) is 114 cm³/mol. The zero-order valence-corrected chi connectivity index (χ0v) is 16.9. The minimum absolute atomic E-state index is 0.634. The van der Waals surface area contributed by atoms with Crippen LogP contribution in [0.3, 0.4) is 0 Å². The number of carboxylic acids is 1. The van der Waals surface area contributed by atoms with Crippen molar-refractivity contribution >= 4 is 17.6 Å². The largest absolute Gasteiger partial charge is 0.481 e. The number of aromatic nitrogens is 2. The molecule has 0 saturated carbocycles. The number of nitrogens with zero attached hydrogens (tertiary/aromatic N) is 2. The summed E-state index contributed by atoms with van der Waals surface area (Å²) in [6, 6.07) is 19.0. The van der Waals surface area contributed by atoms with Gasteiger partial charge in [-0.1, -0.05) is 54.1 Å². The molecule has 0 aliphatic heterocycles. The first-order valence-electron chi connectivity index (χ1n) is 9.46. The van der Waals surface area contributed by atoms with Crippen molar-refractivity contribution in [1.29, 1.82) is 0 Å². The van der Waals surface area contributed by atoms with Crippen molar-refractivity contribution in [3.63, 3.8) is 0 Å². The molecule has 1 heterocycles. The Morgan fingerprint density at radius 2 is 1.61 bits per heavy atom. The van der Waals surface area contributed by atoms with E-state index in [4.69, 9.17) is 21.5 Å². The highest BCUT2D eigenvalue weighted by Crippen LogP contribution is 2.19. The maximum absolute atomic E-state index is 9.00. The van der Waals surface area contributed by atoms with Crippen LogP contribution in [0.25, 0.3) is 0 Å². The molecule has 28 heavy (non-hydrogen) atoms. The van der Waals surface area contributed by atoms with Gasteiger partial charge in [-0.15, -0.1) is 0 Å². The first-order valence-corrected chi connectivity index (χ1v) is 9.84. The number of aryl methyl sites for hydroxylation is 2. The molecule has 0 aliphatic carbocycles. The number of imidazole rings is 1. The van der Waals surface area contributed by atoms with Gasteiger partial charge in [-0.25, -0.2) is 4.98 Å². The Morgan fingerprint density at radius 3 is 2.14 bits per heavy atom. The maximum atomic E-state index is 9.00. The van der Waals surface area contributed by atoms with Crippen molar-refractivity contribution in [2.45, 2.75) is 39.2 Å². The van der Waals surface area contributed by atoms with Crippen LogP contribution in [0.15, 0.2) is 73.3 Å². The quantitative estimate of drug-likeness (QED) is 0.544. The van der Waals surface area contributed by atoms with Crippen LogP contribution in [0.4, 0.5) is 0 Å². The van der Waals surface area contributed by atoms with E-state index in [2.05, 4.69) is 58.2 Å². The van der Waals surface area contributed by atoms with E-state index in [1.54, 1.807) is 0 Å². The third kappa shape index (κ3) is 8.87. The maximum Gasteiger partial charge on any atom is 0.300 e. The van der Waals surface area contributed by atoms with Gasteiger partial charge in [-0.3, -0.25) is 4.79 Å².